The maximum atomic E-state index is 13.3. The molecular formula is C27H33N9O3. The molecule has 1 aromatic heterocycles. The molecule has 1 amide bonds. The molecule has 39 heavy (non-hydrogen) atoms. The predicted molar refractivity (Wildman–Crippen MR) is 150 cm³/mol. The number of fused-ring (bicyclic) bond motifs is 1. The number of hydrogen-bond acceptors (Lipinski definition) is 9. The lowest BCUT2D eigenvalue weighted by molar-refractivity contribution is -0.118. The van der Waals surface area contributed by atoms with Crippen molar-refractivity contribution in [3.63, 3.8) is 0 Å². The first kappa shape index (κ1) is 29.0. The molecule has 3 rings (SSSR count). The largest absolute Gasteiger partial charge is 0.410 e. The Hall–Kier alpha value is -4.60. The highest BCUT2D eigenvalue weighted by molar-refractivity contribution is 6.46. The monoisotopic (exact) mass is 531 g/mol. The summed E-state index contributed by atoms with van der Waals surface area (Å²) in [6, 6.07) is 15.4. The number of carbonyl (C=O) groups excluding carboxylic acids is 2. The molecule has 3 aromatic rings. The van der Waals surface area contributed by atoms with Gasteiger partial charge in [-0.25, -0.2) is 4.98 Å². The average Bonchev–Trinajstić information content (AvgIpc) is 3.29. The molecule has 0 saturated heterocycles. The van der Waals surface area contributed by atoms with Gasteiger partial charge in [0.15, 0.2) is 23.2 Å². The number of anilines is 1. The average molecular weight is 532 g/mol. The molecular weight excluding hydrogens is 498 g/mol. The molecule has 0 aliphatic heterocycles. The summed E-state index contributed by atoms with van der Waals surface area (Å²) in [5, 5.41) is 27.6. The molecule has 12 heteroatoms. The summed E-state index contributed by atoms with van der Waals surface area (Å²) < 4.78 is 1.61. The molecule has 0 spiro atoms. The van der Waals surface area contributed by atoms with Crippen molar-refractivity contribution < 1.29 is 14.8 Å². The van der Waals surface area contributed by atoms with Gasteiger partial charge in [-0.05, 0) is 62.8 Å². The Morgan fingerprint density at radius 1 is 1.18 bits per heavy atom. The van der Waals surface area contributed by atoms with Crippen LogP contribution in [0.1, 0.15) is 41.9 Å². The number of Topliss-reactive ketones (excluding diaryl/α,β-unsaturated/α-hetero) is 1. The summed E-state index contributed by atoms with van der Waals surface area (Å²) in [6.45, 7) is 0.600. The zero-order valence-corrected chi connectivity index (χ0v) is 21.8. The number of hydrogen-bond donors (Lipinski definition) is 5. The van der Waals surface area contributed by atoms with Crippen LogP contribution in [0.4, 0.5) is 5.69 Å². The van der Waals surface area contributed by atoms with Crippen molar-refractivity contribution in [2.24, 2.45) is 21.6 Å². The lowest BCUT2D eigenvalue weighted by Crippen LogP contribution is -2.38. The van der Waals surface area contributed by atoms with Gasteiger partial charge in [0.1, 0.15) is 0 Å². The van der Waals surface area contributed by atoms with Crippen LogP contribution in [-0.4, -0.2) is 64.2 Å². The number of carbonyl (C=O) groups is 2. The third-order valence-corrected chi connectivity index (χ3v) is 6.10. The molecule has 1 atom stereocenters. The van der Waals surface area contributed by atoms with Crippen molar-refractivity contribution in [3.05, 3.63) is 59.9 Å². The van der Waals surface area contributed by atoms with Gasteiger partial charge in [0.25, 0.3) is 0 Å². The van der Waals surface area contributed by atoms with Crippen LogP contribution in [-0.2, 0) is 11.3 Å². The van der Waals surface area contributed by atoms with Gasteiger partial charge in [0.05, 0.1) is 42.7 Å². The van der Waals surface area contributed by atoms with Gasteiger partial charge < -0.3 is 31.9 Å². The van der Waals surface area contributed by atoms with E-state index in [9.17, 15) is 14.8 Å². The first-order chi connectivity index (χ1) is 18.9. The number of unbranched alkanes of at least 4 members (excludes halogenated alkanes) is 1. The van der Waals surface area contributed by atoms with Crippen molar-refractivity contribution in [2.75, 3.05) is 25.5 Å². The van der Waals surface area contributed by atoms with Crippen LogP contribution in [0.2, 0.25) is 0 Å². The molecule has 0 radical (unpaired) electrons. The number of aromatic nitrogens is 2. The highest BCUT2D eigenvalue weighted by atomic mass is 16.4. The number of likely N-dealkylation sites (N-methyl/N-ethyl adjacent to an activating group) is 1. The van der Waals surface area contributed by atoms with Gasteiger partial charge in [-0.2, -0.15) is 5.26 Å². The number of amidine groups is 1. The molecule has 1 unspecified atom stereocenters. The second kappa shape index (κ2) is 14.4. The Labute approximate surface area is 226 Å². The number of nitriles is 1. The van der Waals surface area contributed by atoms with Crippen LogP contribution < -0.4 is 22.1 Å². The second-order valence-electron chi connectivity index (χ2n) is 8.75. The van der Waals surface area contributed by atoms with Crippen LogP contribution in [0, 0.1) is 11.3 Å². The number of para-hydroxylation sites is 2. The molecule has 0 bridgehead atoms. The number of rotatable bonds is 14. The first-order valence-electron chi connectivity index (χ1n) is 12.6. The number of ketones is 1. The highest BCUT2D eigenvalue weighted by Crippen LogP contribution is 2.19. The minimum Gasteiger partial charge on any atom is -0.410 e. The molecule has 0 aliphatic rings. The Kier molecular flexibility index (Phi) is 10.7. The fourth-order valence-electron chi connectivity index (χ4n) is 4.03. The third kappa shape index (κ3) is 7.47. The van der Waals surface area contributed by atoms with E-state index in [1.807, 2.05) is 6.07 Å². The van der Waals surface area contributed by atoms with Crippen molar-refractivity contribution in [1.29, 1.82) is 5.26 Å². The van der Waals surface area contributed by atoms with Gasteiger partial charge in [-0.1, -0.05) is 23.7 Å². The third-order valence-electron chi connectivity index (χ3n) is 6.10. The standard InChI is InChI=1S/C27H33N9O3/c1-31-21(8-4-5-14-28)27(38)33-19-12-10-18(11-13-19)23(37)17-36-22-9-3-2-7-20(22)34-26(36)24(35-39)25(30)32-16-6-15-29/h2-3,7,9-13,21,31,39H,4-6,8,14,16-17,28H2,1H3,(H2,30,32)(H,33,38)/b35-24+. The van der Waals surface area contributed by atoms with Crippen LogP contribution >= 0.6 is 0 Å². The zero-order valence-electron chi connectivity index (χ0n) is 21.8. The fraction of sp³-hybridized carbons (Fsp3) is 0.333. The minimum absolute atomic E-state index is 0.0967. The van der Waals surface area contributed by atoms with Crippen LogP contribution in [0.3, 0.4) is 0 Å². The smallest absolute Gasteiger partial charge is 0.241 e. The van der Waals surface area contributed by atoms with Crippen LogP contribution in [0.25, 0.3) is 11.0 Å². The number of amides is 1. The van der Waals surface area contributed by atoms with E-state index < -0.39 is 0 Å². The van der Waals surface area contributed by atoms with Gasteiger partial charge in [-0.3, -0.25) is 14.6 Å². The summed E-state index contributed by atoms with van der Waals surface area (Å²) in [5.74, 6) is -0.320. The molecule has 0 fully saturated rings. The quantitative estimate of drug-likeness (QED) is 0.0520. The van der Waals surface area contributed by atoms with Gasteiger partial charge in [0.2, 0.25) is 5.91 Å². The van der Waals surface area contributed by atoms with E-state index in [0.717, 1.165) is 12.8 Å². The van der Waals surface area contributed by atoms with Crippen molar-refractivity contribution in [3.8, 4) is 6.07 Å². The van der Waals surface area contributed by atoms with Gasteiger partial charge in [-0.15, -0.1) is 0 Å². The van der Waals surface area contributed by atoms with E-state index in [2.05, 4.69) is 25.8 Å². The normalized spacial score (nSPS) is 12.7. The molecule has 0 aliphatic carbocycles. The highest BCUT2D eigenvalue weighted by Gasteiger charge is 2.22. The predicted octanol–water partition coefficient (Wildman–Crippen LogP) is 2.02. The number of oxime groups is 1. The molecule has 1 heterocycles. The van der Waals surface area contributed by atoms with E-state index in [0.29, 0.717) is 35.2 Å². The van der Waals surface area contributed by atoms with E-state index in [4.69, 9.17) is 16.7 Å². The maximum absolute atomic E-state index is 13.3. The molecule has 204 valence electrons. The summed E-state index contributed by atoms with van der Waals surface area (Å²) in [4.78, 5) is 34.5. The van der Waals surface area contributed by atoms with Crippen LogP contribution in [0.5, 0.6) is 0 Å². The van der Waals surface area contributed by atoms with Crippen molar-refractivity contribution >= 4 is 40.0 Å². The SMILES string of the molecule is CNC(CCCCN)C(=O)Nc1ccc(C(=O)Cn2c(/C(=N/O)C(N)=NCCC#N)nc3ccccc32)cc1. The van der Waals surface area contributed by atoms with Crippen LogP contribution in [0.15, 0.2) is 58.7 Å². The van der Waals surface area contributed by atoms with Gasteiger partial charge >= 0.3 is 0 Å². The van der Waals surface area contributed by atoms with E-state index in [1.54, 1.807) is 60.1 Å². The number of aliphatic imine (C=N–C) groups is 1. The fourth-order valence-corrected chi connectivity index (χ4v) is 4.03. The zero-order chi connectivity index (χ0) is 28.2. The molecule has 0 saturated carbocycles. The summed E-state index contributed by atoms with van der Waals surface area (Å²) in [7, 11) is 1.74. The maximum Gasteiger partial charge on any atom is 0.241 e. The summed E-state index contributed by atoms with van der Waals surface area (Å²) in [5.41, 5.74) is 13.7. The Morgan fingerprint density at radius 2 is 1.92 bits per heavy atom. The van der Waals surface area contributed by atoms with Gasteiger partial charge in [0, 0.05) is 11.3 Å². The van der Waals surface area contributed by atoms with E-state index in [1.165, 1.54) is 0 Å². The number of nitrogens with zero attached hydrogens (tertiary/aromatic N) is 5. The first-order valence-corrected chi connectivity index (χ1v) is 12.6. The lowest BCUT2D eigenvalue weighted by atomic mass is 10.1. The second-order valence-corrected chi connectivity index (χ2v) is 8.75. The van der Waals surface area contributed by atoms with E-state index in [-0.39, 0.29) is 54.6 Å². The number of imidazole rings is 1. The Balaban J connectivity index is 1.80. The summed E-state index contributed by atoms with van der Waals surface area (Å²) in [6.07, 6.45) is 2.51. The topological polar surface area (TPSA) is 197 Å². The van der Waals surface area contributed by atoms with Crippen molar-refractivity contribution in [1.82, 2.24) is 14.9 Å². The van der Waals surface area contributed by atoms with E-state index >= 15 is 0 Å². The molecule has 12 nitrogen and oxygen atoms in total. The molecule has 7 N–H and O–H groups in total. The van der Waals surface area contributed by atoms with Crippen molar-refractivity contribution in [2.45, 2.75) is 38.3 Å². The minimum atomic E-state index is -0.343. The Morgan fingerprint density at radius 3 is 2.59 bits per heavy atom. The summed E-state index contributed by atoms with van der Waals surface area (Å²) >= 11 is 0. The lowest BCUT2D eigenvalue weighted by Gasteiger charge is -2.16. The number of nitrogens with two attached hydrogens (primary N) is 2. The molecule has 2 aromatic carbocycles. The number of benzene rings is 2. The Bertz CT molecular complexity index is 1390. The number of nitrogens with one attached hydrogen (secondary N) is 2.